The van der Waals surface area contributed by atoms with Gasteiger partial charge in [-0.05, 0) is 36.8 Å². The topological polar surface area (TPSA) is 99.6 Å². The van der Waals surface area contributed by atoms with Gasteiger partial charge in [0.25, 0.3) is 0 Å². The molecule has 144 valence electrons. The quantitative estimate of drug-likeness (QED) is 0.596. The first-order valence-electron chi connectivity index (χ1n) is 9.10. The molecule has 0 spiro atoms. The van der Waals surface area contributed by atoms with Crippen molar-refractivity contribution in [2.24, 2.45) is 0 Å². The van der Waals surface area contributed by atoms with E-state index in [-0.39, 0.29) is 12.7 Å². The Hall–Kier alpha value is -3.39. The van der Waals surface area contributed by atoms with Crippen LogP contribution in [0.2, 0.25) is 0 Å². The van der Waals surface area contributed by atoms with E-state index in [9.17, 15) is 0 Å². The summed E-state index contributed by atoms with van der Waals surface area (Å²) < 4.78 is 10.8. The molecule has 28 heavy (non-hydrogen) atoms. The molecule has 1 aromatic heterocycles. The molecule has 0 bridgehead atoms. The summed E-state index contributed by atoms with van der Waals surface area (Å²) in [4.78, 5) is 14.2. The molecule has 8 nitrogen and oxygen atoms in total. The van der Waals surface area contributed by atoms with Crippen LogP contribution in [0.5, 0.6) is 11.5 Å². The lowest BCUT2D eigenvalue weighted by atomic mass is 10.2. The Labute approximate surface area is 163 Å². The maximum Gasteiger partial charge on any atom is 0.232 e. The Balaban J connectivity index is 1.45. The molecule has 3 aromatic rings. The zero-order valence-electron chi connectivity index (χ0n) is 15.9. The minimum absolute atomic E-state index is 0.206. The number of hydrogen-bond acceptors (Lipinski definition) is 7. The summed E-state index contributed by atoms with van der Waals surface area (Å²) in [5.41, 5.74) is 9.10. The minimum Gasteiger partial charge on any atom is -0.454 e. The second-order valence-corrected chi connectivity index (χ2v) is 6.87. The van der Waals surface area contributed by atoms with Gasteiger partial charge >= 0.3 is 0 Å². The van der Waals surface area contributed by atoms with E-state index in [0.717, 1.165) is 34.9 Å². The standard InChI is InChI=1S/C20H22N6O2/c1-13-5-3-4-6-15(13)22-20-24-18(23-19(21)25-20)11-26(2)10-14-7-8-16-17(9-14)28-12-27-16/h3-9H,10-12H2,1-2H3,(H3,21,22,23,24,25)/p+1. The highest BCUT2D eigenvalue weighted by atomic mass is 16.7. The van der Waals surface area contributed by atoms with E-state index in [1.54, 1.807) is 0 Å². The first-order chi connectivity index (χ1) is 13.6. The Bertz CT molecular complexity index is 994. The van der Waals surface area contributed by atoms with E-state index >= 15 is 0 Å². The van der Waals surface area contributed by atoms with Gasteiger partial charge in [-0.1, -0.05) is 18.2 Å². The zero-order chi connectivity index (χ0) is 19.5. The summed E-state index contributed by atoms with van der Waals surface area (Å²) in [6.45, 7) is 3.71. The van der Waals surface area contributed by atoms with Crippen LogP contribution >= 0.6 is 0 Å². The second-order valence-electron chi connectivity index (χ2n) is 6.87. The first-order valence-corrected chi connectivity index (χ1v) is 9.10. The van der Waals surface area contributed by atoms with Crippen molar-refractivity contribution in [3.8, 4) is 11.5 Å². The average molecular weight is 379 g/mol. The van der Waals surface area contributed by atoms with Gasteiger partial charge < -0.3 is 25.4 Å². The average Bonchev–Trinajstić information content (AvgIpc) is 3.11. The van der Waals surface area contributed by atoms with E-state index in [2.05, 4.69) is 27.3 Å². The number of aryl methyl sites for hydroxylation is 1. The summed E-state index contributed by atoms with van der Waals surface area (Å²) in [6.07, 6.45) is 0. The molecule has 1 aliphatic heterocycles. The molecular weight excluding hydrogens is 356 g/mol. The number of nitrogens with zero attached hydrogens (tertiary/aromatic N) is 3. The molecule has 4 N–H and O–H groups in total. The van der Waals surface area contributed by atoms with Crippen LogP contribution < -0.4 is 25.4 Å². The van der Waals surface area contributed by atoms with Crippen molar-refractivity contribution in [1.29, 1.82) is 0 Å². The maximum absolute atomic E-state index is 5.90. The monoisotopic (exact) mass is 379 g/mol. The number of hydrogen-bond donors (Lipinski definition) is 3. The van der Waals surface area contributed by atoms with Gasteiger partial charge in [0.05, 0.1) is 7.05 Å². The third-order valence-electron chi connectivity index (χ3n) is 4.49. The fraction of sp³-hybridized carbons (Fsp3) is 0.250. The predicted octanol–water partition coefficient (Wildman–Crippen LogP) is 1.45. The van der Waals surface area contributed by atoms with Crippen LogP contribution in [0.15, 0.2) is 42.5 Å². The van der Waals surface area contributed by atoms with E-state index in [0.29, 0.717) is 18.3 Å². The lowest BCUT2D eigenvalue weighted by Crippen LogP contribution is -3.06. The molecular formula is C20H23N6O2+. The number of quaternary nitrogens is 1. The van der Waals surface area contributed by atoms with Gasteiger partial charge in [0.15, 0.2) is 17.3 Å². The number of nitrogens with one attached hydrogen (secondary N) is 2. The maximum atomic E-state index is 5.90. The summed E-state index contributed by atoms with van der Waals surface area (Å²) >= 11 is 0. The van der Waals surface area contributed by atoms with Crippen LogP contribution in [0.25, 0.3) is 0 Å². The first kappa shape index (κ1) is 18.0. The van der Waals surface area contributed by atoms with Crippen molar-refractivity contribution < 1.29 is 14.4 Å². The third-order valence-corrected chi connectivity index (χ3v) is 4.49. The third kappa shape index (κ3) is 4.12. The number of ether oxygens (including phenoxy) is 2. The van der Waals surface area contributed by atoms with Crippen LogP contribution in [0.3, 0.4) is 0 Å². The van der Waals surface area contributed by atoms with Crippen LogP contribution in [0.4, 0.5) is 17.6 Å². The summed E-state index contributed by atoms with van der Waals surface area (Å²) in [6, 6.07) is 14.0. The van der Waals surface area contributed by atoms with E-state index in [1.165, 1.54) is 4.90 Å². The SMILES string of the molecule is Cc1ccccc1Nc1nc(N)nc(C[NH+](C)Cc2ccc3c(c2)OCO3)n1. The number of benzene rings is 2. The fourth-order valence-corrected chi connectivity index (χ4v) is 3.14. The van der Waals surface area contributed by atoms with Crippen LogP contribution in [-0.2, 0) is 13.1 Å². The molecule has 0 aliphatic carbocycles. The molecule has 0 radical (unpaired) electrons. The Morgan fingerprint density at radius 3 is 2.71 bits per heavy atom. The minimum atomic E-state index is 0.206. The highest BCUT2D eigenvalue weighted by Gasteiger charge is 2.16. The largest absolute Gasteiger partial charge is 0.454 e. The normalized spacial score (nSPS) is 13.4. The molecule has 2 heterocycles. The molecule has 1 atom stereocenters. The van der Waals surface area contributed by atoms with Crippen molar-refractivity contribution in [1.82, 2.24) is 15.0 Å². The summed E-state index contributed by atoms with van der Waals surface area (Å²) in [5.74, 6) is 2.88. The van der Waals surface area contributed by atoms with E-state index in [4.69, 9.17) is 15.2 Å². The van der Waals surface area contributed by atoms with Crippen molar-refractivity contribution >= 4 is 17.6 Å². The number of rotatable bonds is 6. The zero-order valence-corrected chi connectivity index (χ0v) is 15.9. The lowest BCUT2D eigenvalue weighted by molar-refractivity contribution is -0.908. The predicted molar refractivity (Wildman–Crippen MR) is 106 cm³/mol. The number of para-hydroxylation sites is 1. The Morgan fingerprint density at radius 2 is 1.86 bits per heavy atom. The van der Waals surface area contributed by atoms with E-state index in [1.807, 2.05) is 49.4 Å². The van der Waals surface area contributed by atoms with Crippen molar-refractivity contribution in [3.63, 3.8) is 0 Å². The summed E-state index contributed by atoms with van der Waals surface area (Å²) in [5, 5.41) is 3.22. The van der Waals surface area contributed by atoms with Gasteiger partial charge in [-0.25, -0.2) is 0 Å². The smallest absolute Gasteiger partial charge is 0.232 e. The van der Waals surface area contributed by atoms with Gasteiger partial charge in [0, 0.05) is 11.3 Å². The molecule has 1 aliphatic rings. The van der Waals surface area contributed by atoms with Gasteiger partial charge in [-0.2, -0.15) is 15.0 Å². The lowest BCUT2D eigenvalue weighted by Gasteiger charge is -2.14. The Morgan fingerprint density at radius 1 is 1.04 bits per heavy atom. The molecule has 2 aromatic carbocycles. The number of anilines is 3. The number of nitrogens with two attached hydrogens (primary N) is 1. The van der Waals surface area contributed by atoms with Gasteiger partial charge in [0.1, 0.15) is 13.1 Å². The molecule has 0 saturated carbocycles. The second kappa shape index (κ2) is 7.69. The van der Waals surface area contributed by atoms with Crippen LogP contribution in [0.1, 0.15) is 17.0 Å². The van der Waals surface area contributed by atoms with Crippen LogP contribution in [0, 0.1) is 6.92 Å². The number of nitrogen functional groups attached to an aromatic ring is 1. The fourth-order valence-electron chi connectivity index (χ4n) is 3.14. The van der Waals surface area contributed by atoms with E-state index < -0.39 is 0 Å². The van der Waals surface area contributed by atoms with Crippen molar-refractivity contribution in [2.45, 2.75) is 20.0 Å². The molecule has 8 heteroatoms. The van der Waals surface area contributed by atoms with Gasteiger partial charge in [-0.15, -0.1) is 0 Å². The molecule has 0 saturated heterocycles. The molecule has 0 fully saturated rings. The molecule has 0 amide bonds. The summed E-state index contributed by atoms with van der Waals surface area (Å²) in [7, 11) is 2.08. The van der Waals surface area contributed by atoms with Crippen molar-refractivity contribution in [2.75, 3.05) is 24.9 Å². The number of aromatic nitrogens is 3. The number of fused-ring (bicyclic) bond motifs is 1. The van der Waals surface area contributed by atoms with Crippen LogP contribution in [-0.4, -0.2) is 28.8 Å². The molecule has 4 rings (SSSR count). The van der Waals surface area contributed by atoms with Crippen molar-refractivity contribution in [3.05, 3.63) is 59.4 Å². The van der Waals surface area contributed by atoms with Gasteiger partial charge in [-0.3, -0.25) is 0 Å². The highest BCUT2D eigenvalue weighted by Crippen LogP contribution is 2.32. The molecule has 1 unspecified atom stereocenters. The highest BCUT2D eigenvalue weighted by molar-refractivity contribution is 5.58. The Kier molecular flexibility index (Phi) is 4.94. The van der Waals surface area contributed by atoms with Gasteiger partial charge in [0.2, 0.25) is 18.7 Å².